The largest absolute Gasteiger partial charge is 0.385 e. The van der Waals surface area contributed by atoms with E-state index in [4.69, 9.17) is 10.3 Å². The molecule has 0 radical (unpaired) electrons. The van der Waals surface area contributed by atoms with Crippen molar-refractivity contribution in [3.05, 3.63) is 35.7 Å². The Morgan fingerprint density at radius 1 is 1.41 bits per heavy atom. The number of benzene rings is 1. The molecule has 0 atom stereocenters. The number of hydrogen-bond donors (Lipinski definition) is 2. The molecular weight excluding hydrogens is 218 g/mol. The molecule has 1 aliphatic carbocycles. The molecule has 1 fully saturated rings. The molecule has 1 aromatic heterocycles. The lowest BCUT2D eigenvalue weighted by molar-refractivity contribution is 0.151. The van der Waals surface area contributed by atoms with Crippen LogP contribution in [0.15, 0.2) is 28.8 Å². The van der Waals surface area contributed by atoms with E-state index in [1.165, 1.54) is 0 Å². The van der Waals surface area contributed by atoms with Gasteiger partial charge in [-0.15, -0.1) is 0 Å². The maximum absolute atomic E-state index is 10.0. The van der Waals surface area contributed by atoms with Crippen molar-refractivity contribution in [2.75, 3.05) is 0 Å². The molecule has 1 aliphatic rings. The molecule has 0 saturated heterocycles. The van der Waals surface area contributed by atoms with Crippen LogP contribution in [0.5, 0.6) is 0 Å². The third-order valence-corrected chi connectivity index (χ3v) is 3.02. The quantitative estimate of drug-likeness (QED) is 0.828. The van der Waals surface area contributed by atoms with Crippen LogP contribution >= 0.6 is 0 Å². The van der Waals surface area contributed by atoms with Crippen molar-refractivity contribution in [2.24, 2.45) is 5.73 Å². The summed E-state index contributed by atoms with van der Waals surface area (Å²) in [5.74, 6) is 0.923. The smallest absolute Gasteiger partial charge is 0.240 e. The lowest BCUT2D eigenvalue weighted by Crippen LogP contribution is -2.03. The highest BCUT2D eigenvalue weighted by atomic mass is 16.5. The summed E-state index contributed by atoms with van der Waals surface area (Å²) in [4.78, 5) is 4.16. The van der Waals surface area contributed by atoms with E-state index in [1.807, 2.05) is 24.3 Å². The molecule has 0 aliphatic heterocycles. The Balaban J connectivity index is 1.97. The average Bonchev–Trinajstić information content (AvgIpc) is 2.95. The number of aliphatic hydroxyl groups is 1. The lowest BCUT2D eigenvalue weighted by Gasteiger charge is -2.08. The van der Waals surface area contributed by atoms with Gasteiger partial charge in [0.25, 0.3) is 0 Å². The zero-order valence-electron chi connectivity index (χ0n) is 9.26. The zero-order chi connectivity index (χ0) is 11.9. The fourth-order valence-electron chi connectivity index (χ4n) is 1.81. The van der Waals surface area contributed by atoms with Gasteiger partial charge in [-0.25, -0.2) is 0 Å². The molecule has 3 rings (SSSR count). The third-order valence-electron chi connectivity index (χ3n) is 3.02. The van der Waals surface area contributed by atoms with E-state index in [-0.39, 0.29) is 6.54 Å². The second kappa shape index (κ2) is 3.65. The summed E-state index contributed by atoms with van der Waals surface area (Å²) in [5, 5.41) is 13.9. The summed E-state index contributed by atoms with van der Waals surface area (Å²) in [7, 11) is 0. The molecule has 2 aromatic rings. The predicted molar refractivity (Wildman–Crippen MR) is 60.8 cm³/mol. The Morgan fingerprint density at radius 3 is 2.88 bits per heavy atom. The molecule has 0 spiro atoms. The molecule has 1 aromatic carbocycles. The van der Waals surface area contributed by atoms with Gasteiger partial charge in [0.05, 0.1) is 12.1 Å². The van der Waals surface area contributed by atoms with Crippen molar-refractivity contribution in [3.8, 4) is 11.4 Å². The highest BCUT2D eigenvalue weighted by Gasteiger charge is 2.42. The topological polar surface area (TPSA) is 85.2 Å². The fourth-order valence-corrected chi connectivity index (χ4v) is 1.81. The van der Waals surface area contributed by atoms with Gasteiger partial charge in [0.1, 0.15) is 0 Å². The second-order valence-electron chi connectivity index (χ2n) is 4.33. The number of rotatable bonds is 3. The van der Waals surface area contributed by atoms with Gasteiger partial charge < -0.3 is 15.4 Å². The minimum absolute atomic E-state index is 0.233. The van der Waals surface area contributed by atoms with Gasteiger partial charge in [-0.3, -0.25) is 0 Å². The van der Waals surface area contributed by atoms with E-state index >= 15 is 0 Å². The van der Waals surface area contributed by atoms with Crippen LogP contribution in [-0.4, -0.2) is 15.2 Å². The maximum Gasteiger partial charge on any atom is 0.240 e. The highest BCUT2D eigenvalue weighted by Crippen LogP contribution is 2.45. The first-order chi connectivity index (χ1) is 8.21. The molecule has 1 heterocycles. The van der Waals surface area contributed by atoms with Crippen molar-refractivity contribution in [3.63, 3.8) is 0 Å². The number of aromatic nitrogens is 2. The van der Waals surface area contributed by atoms with E-state index in [2.05, 4.69) is 10.1 Å². The van der Waals surface area contributed by atoms with Crippen LogP contribution in [-0.2, 0) is 12.1 Å². The van der Waals surface area contributed by atoms with E-state index in [0.717, 1.165) is 24.0 Å². The Morgan fingerprint density at radius 2 is 2.24 bits per heavy atom. The van der Waals surface area contributed by atoms with Crippen LogP contribution in [0.3, 0.4) is 0 Å². The Labute approximate surface area is 98.3 Å². The van der Waals surface area contributed by atoms with E-state index in [0.29, 0.717) is 11.7 Å². The molecule has 0 unspecified atom stereocenters. The van der Waals surface area contributed by atoms with Crippen LogP contribution in [0.2, 0.25) is 0 Å². The maximum atomic E-state index is 10.0. The Kier molecular flexibility index (Phi) is 2.24. The number of hydrogen-bond acceptors (Lipinski definition) is 5. The van der Waals surface area contributed by atoms with E-state index < -0.39 is 5.60 Å². The minimum Gasteiger partial charge on any atom is -0.385 e. The zero-order valence-corrected chi connectivity index (χ0v) is 9.26. The monoisotopic (exact) mass is 231 g/mol. The standard InChI is InChI=1S/C12H13N3O2/c13-7-10-14-11(15-17-10)8-2-1-3-9(6-8)12(16)4-5-12/h1-3,6,16H,4-5,7,13H2. The van der Waals surface area contributed by atoms with Gasteiger partial charge in [-0.05, 0) is 24.5 Å². The van der Waals surface area contributed by atoms with Crippen molar-refractivity contribution < 1.29 is 9.63 Å². The molecule has 17 heavy (non-hydrogen) atoms. The van der Waals surface area contributed by atoms with Gasteiger partial charge >= 0.3 is 0 Å². The third kappa shape index (κ3) is 1.83. The molecule has 1 saturated carbocycles. The minimum atomic E-state index is -0.642. The molecule has 88 valence electrons. The molecule has 0 amide bonds. The average molecular weight is 231 g/mol. The molecule has 5 nitrogen and oxygen atoms in total. The van der Waals surface area contributed by atoms with E-state index in [1.54, 1.807) is 0 Å². The SMILES string of the molecule is NCc1nc(-c2cccc(C3(O)CC3)c2)no1. The van der Waals surface area contributed by atoms with Crippen LogP contribution in [0, 0.1) is 0 Å². The van der Waals surface area contributed by atoms with Gasteiger partial charge in [0.15, 0.2) is 0 Å². The second-order valence-corrected chi connectivity index (χ2v) is 4.33. The van der Waals surface area contributed by atoms with Crippen LogP contribution in [0.4, 0.5) is 0 Å². The summed E-state index contributed by atoms with van der Waals surface area (Å²) in [6, 6.07) is 7.60. The van der Waals surface area contributed by atoms with Crippen molar-refractivity contribution in [2.45, 2.75) is 25.0 Å². The van der Waals surface area contributed by atoms with Crippen molar-refractivity contribution >= 4 is 0 Å². The fraction of sp³-hybridized carbons (Fsp3) is 0.333. The number of nitrogens with zero attached hydrogens (tertiary/aromatic N) is 2. The summed E-state index contributed by atoms with van der Waals surface area (Å²) in [6.07, 6.45) is 1.63. The normalized spacial score (nSPS) is 17.1. The van der Waals surface area contributed by atoms with Crippen LogP contribution in [0.1, 0.15) is 24.3 Å². The first-order valence-electron chi connectivity index (χ1n) is 5.57. The van der Waals surface area contributed by atoms with Crippen molar-refractivity contribution in [1.82, 2.24) is 10.1 Å². The van der Waals surface area contributed by atoms with Crippen LogP contribution < -0.4 is 5.73 Å². The van der Waals surface area contributed by atoms with Crippen molar-refractivity contribution in [1.29, 1.82) is 0 Å². The Hall–Kier alpha value is -1.72. The highest BCUT2D eigenvalue weighted by molar-refractivity contribution is 5.56. The molecule has 5 heteroatoms. The summed E-state index contributed by atoms with van der Waals surface area (Å²) in [6.45, 7) is 0.233. The first-order valence-corrected chi connectivity index (χ1v) is 5.57. The summed E-state index contributed by atoms with van der Waals surface area (Å²) >= 11 is 0. The summed E-state index contributed by atoms with van der Waals surface area (Å²) < 4.78 is 4.96. The molecule has 0 bridgehead atoms. The first kappa shape index (κ1) is 10.4. The molecular formula is C12H13N3O2. The lowest BCUT2D eigenvalue weighted by atomic mass is 10.0. The van der Waals surface area contributed by atoms with E-state index in [9.17, 15) is 5.11 Å². The van der Waals surface area contributed by atoms with Gasteiger partial charge in [0, 0.05) is 5.56 Å². The van der Waals surface area contributed by atoms with Gasteiger partial charge in [-0.1, -0.05) is 23.4 Å². The van der Waals surface area contributed by atoms with Gasteiger partial charge in [0.2, 0.25) is 11.7 Å². The predicted octanol–water partition coefficient (Wildman–Crippen LogP) is 1.18. The van der Waals surface area contributed by atoms with Gasteiger partial charge in [-0.2, -0.15) is 4.98 Å². The van der Waals surface area contributed by atoms with Crippen LogP contribution in [0.25, 0.3) is 11.4 Å². The number of nitrogens with two attached hydrogens (primary N) is 1. The Bertz CT molecular complexity index is 546. The summed E-state index contributed by atoms with van der Waals surface area (Å²) in [5.41, 5.74) is 6.52. The molecule has 3 N–H and O–H groups in total.